The van der Waals surface area contributed by atoms with Crippen LogP contribution in [0.25, 0.3) is 0 Å². The molecule has 2 aromatic heterocycles. The van der Waals surface area contributed by atoms with Crippen molar-refractivity contribution in [2.75, 3.05) is 0 Å². The molecule has 1 unspecified atom stereocenters. The summed E-state index contributed by atoms with van der Waals surface area (Å²) in [6.07, 6.45) is 4.06. The second-order valence-corrected chi connectivity index (χ2v) is 4.08. The van der Waals surface area contributed by atoms with Crippen molar-refractivity contribution < 1.29 is 4.84 Å². The molecule has 18 heavy (non-hydrogen) atoms. The fourth-order valence-corrected chi connectivity index (χ4v) is 1.87. The zero-order valence-electron chi connectivity index (χ0n) is 9.95. The minimum atomic E-state index is -0.114. The van der Waals surface area contributed by atoms with Crippen LogP contribution in [0, 0.1) is 6.92 Å². The van der Waals surface area contributed by atoms with Gasteiger partial charge in [-0.15, -0.1) is 0 Å². The van der Waals surface area contributed by atoms with Gasteiger partial charge in [0.2, 0.25) is 0 Å². The molecule has 0 amide bonds. The summed E-state index contributed by atoms with van der Waals surface area (Å²) < 4.78 is 0. The number of rotatable bonds is 2. The van der Waals surface area contributed by atoms with Gasteiger partial charge in [-0.25, -0.2) is 9.97 Å². The van der Waals surface area contributed by atoms with Crippen molar-refractivity contribution in [2.45, 2.75) is 19.4 Å². The van der Waals surface area contributed by atoms with Gasteiger partial charge in [-0.1, -0.05) is 11.2 Å². The molecule has 5 heteroatoms. The molecule has 1 aliphatic rings. The average molecular weight is 240 g/mol. The first-order valence-corrected chi connectivity index (χ1v) is 5.76. The Morgan fingerprint density at radius 2 is 2.11 bits per heavy atom. The van der Waals surface area contributed by atoms with Gasteiger partial charge in [0.1, 0.15) is 11.5 Å². The highest BCUT2D eigenvalue weighted by atomic mass is 16.6. The van der Waals surface area contributed by atoms with Crippen molar-refractivity contribution in [1.29, 1.82) is 0 Å². The first-order chi connectivity index (χ1) is 8.83. The van der Waals surface area contributed by atoms with Gasteiger partial charge in [-0.2, -0.15) is 0 Å². The number of hydrogen-bond acceptors (Lipinski definition) is 5. The number of nitrogens with zero attached hydrogens (tertiary/aromatic N) is 4. The minimum absolute atomic E-state index is 0.114. The molecule has 2 aromatic rings. The molecular weight excluding hydrogens is 228 g/mol. The van der Waals surface area contributed by atoms with E-state index in [4.69, 9.17) is 4.84 Å². The van der Waals surface area contributed by atoms with E-state index in [-0.39, 0.29) is 6.10 Å². The minimum Gasteiger partial charge on any atom is -0.385 e. The standard InChI is InChI=1S/C13H12N4O/c1-9-14-7-5-10(16-9)12-8-13(18-17-12)11-4-2-3-6-15-11/h2-7,13H,8H2,1H3. The number of hydrogen-bond donors (Lipinski definition) is 0. The van der Waals surface area contributed by atoms with Crippen LogP contribution in [0.5, 0.6) is 0 Å². The van der Waals surface area contributed by atoms with E-state index in [1.807, 2.05) is 31.2 Å². The summed E-state index contributed by atoms with van der Waals surface area (Å²) >= 11 is 0. The molecular formula is C13H12N4O. The van der Waals surface area contributed by atoms with Crippen molar-refractivity contribution in [2.24, 2.45) is 5.16 Å². The SMILES string of the molecule is Cc1nccc(C2=NOC(c3ccccn3)C2)n1. The Hall–Kier alpha value is -2.30. The predicted octanol–water partition coefficient (Wildman–Crippen LogP) is 2.05. The first kappa shape index (κ1) is 10.8. The highest BCUT2D eigenvalue weighted by molar-refractivity contribution is 5.99. The Morgan fingerprint density at radius 1 is 1.17 bits per heavy atom. The van der Waals surface area contributed by atoms with Crippen LogP contribution >= 0.6 is 0 Å². The van der Waals surface area contributed by atoms with Gasteiger partial charge >= 0.3 is 0 Å². The van der Waals surface area contributed by atoms with Crippen molar-refractivity contribution in [3.63, 3.8) is 0 Å². The highest BCUT2D eigenvalue weighted by Gasteiger charge is 2.25. The summed E-state index contributed by atoms with van der Waals surface area (Å²) in [5, 5.41) is 4.09. The largest absolute Gasteiger partial charge is 0.385 e. The third kappa shape index (κ3) is 2.07. The maximum absolute atomic E-state index is 5.41. The first-order valence-electron chi connectivity index (χ1n) is 5.76. The van der Waals surface area contributed by atoms with Crippen molar-refractivity contribution in [3.8, 4) is 0 Å². The van der Waals surface area contributed by atoms with Gasteiger partial charge in [0.05, 0.1) is 11.4 Å². The monoisotopic (exact) mass is 240 g/mol. The summed E-state index contributed by atoms with van der Waals surface area (Å²) in [7, 11) is 0. The highest BCUT2D eigenvalue weighted by Crippen LogP contribution is 2.27. The lowest BCUT2D eigenvalue weighted by atomic mass is 10.1. The normalized spacial score (nSPS) is 18.3. The summed E-state index contributed by atoms with van der Waals surface area (Å²) in [6, 6.07) is 7.61. The second kappa shape index (κ2) is 4.52. The number of aryl methyl sites for hydroxylation is 1. The summed E-state index contributed by atoms with van der Waals surface area (Å²) in [6.45, 7) is 1.86. The molecule has 0 radical (unpaired) electrons. The van der Waals surface area contributed by atoms with Crippen molar-refractivity contribution in [3.05, 3.63) is 53.9 Å². The van der Waals surface area contributed by atoms with Gasteiger partial charge < -0.3 is 4.84 Å². The third-order valence-corrected chi connectivity index (χ3v) is 2.76. The summed E-state index contributed by atoms with van der Waals surface area (Å²) in [5.41, 5.74) is 2.55. The molecule has 0 saturated heterocycles. The lowest BCUT2D eigenvalue weighted by Crippen LogP contribution is -2.05. The number of aromatic nitrogens is 3. The average Bonchev–Trinajstić information content (AvgIpc) is 2.89. The molecule has 0 N–H and O–H groups in total. The van der Waals surface area contributed by atoms with E-state index in [9.17, 15) is 0 Å². The molecule has 1 aliphatic heterocycles. The molecule has 0 aliphatic carbocycles. The molecule has 3 heterocycles. The van der Waals surface area contributed by atoms with Crippen LogP contribution in [0.3, 0.4) is 0 Å². The van der Waals surface area contributed by atoms with E-state index >= 15 is 0 Å². The zero-order chi connectivity index (χ0) is 12.4. The number of oxime groups is 1. The second-order valence-electron chi connectivity index (χ2n) is 4.08. The van der Waals surface area contributed by atoms with Crippen LogP contribution in [-0.2, 0) is 4.84 Å². The summed E-state index contributed by atoms with van der Waals surface area (Å²) in [5.74, 6) is 0.733. The Balaban J connectivity index is 1.79. The fraction of sp³-hybridized carbons (Fsp3) is 0.231. The van der Waals surface area contributed by atoms with Crippen molar-refractivity contribution >= 4 is 5.71 Å². The van der Waals surface area contributed by atoms with E-state index in [1.165, 1.54) is 0 Å². The van der Waals surface area contributed by atoms with Crippen LogP contribution in [0.2, 0.25) is 0 Å². The maximum atomic E-state index is 5.41. The van der Waals surface area contributed by atoms with Gasteiger partial charge in [0.15, 0.2) is 6.10 Å². The lowest BCUT2D eigenvalue weighted by molar-refractivity contribution is 0.0826. The van der Waals surface area contributed by atoms with Crippen LogP contribution in [0.4, 0.5) is 0 Å². The topological polar surface area (TPSA) is 60.3 Å². The van der Waals surface area contributed by atoms with Gasteiger partial charge in [-0.3, -0.25) is 4.98 Å². The van der Waals surface area contributed by atoms with Crippen LogP contribution in [0.1, 0.15) is 29.7 Å². The quantitative estimate of drug-likeness (QED) is 0.806. The van der Waals surface area contributed by atoms with E-state index < -0.39 is 0 Å². The zero-order valence-corrected chi connectivity index (χ0v) is 9.95. The smallest absolute Gasteiger partial charge is 0.175 e. The molecule has 0 bridgehead atoms. The Bertz CT molecular complexity index is 583. The molecule has 0 fully saturated rings. The lowest BCUT2D eigenvalue weighted by Gasteiger charge is -2.06. The van der Waals surface area contributed by atoms with E-state index in [1.54, 1.807) is 12.4 Å². The van der Waals surface area contributed by atoms with E-state index in [0.717, 1.165) is 22.9 Å². The molecule has 1 atom stereocenters. The number of pyridine rings is 1. The molecule has 5 nitrogen and oxygen atoms in total. The fourth-order valence-electron chi connectivity index (χ4n) is 1.87. The Labute approximate surface area is 105 Å². The Morgan fingerprint density at radius 3 is 2.89 bits per heavy atom. The van der Waals surface area contributed by atoms with Crippen LogP contribution in [0.15, 0.2) is 41.8 Å². The molecule has 0 aromatic carbocycles. The molecule has 0 saturated carbocycles. The molecule has 90 valence electrons. The Kier molecular flexibility index (Phi) is 2.72. The summed E-state index contributed by atoms with van der Waals surface area (Å²) in [4.78, 5) is 18.1. The maximum Gasteiger partial charge on any atom is 0.175 e. The van der Waals surface area contributed by atoms with E-state index in [0.29, 0.717) is 6.42 Å². The van der Waals surface area contributed by atoms with Gasteiger partial charge in [0, 0.05) is 18.8 Å². The third-order valence-electron chi connectivity index (χ3n) is 2.76. The van der Waals surface area contributed by atoms with Gasteiger partial charge in [-0.05, 0) is 25.1 Å². The van der Waals surface area contributed by atoms with E-state index in [2.05, 4.69) is 20.1 Å². The molecule has 3 rings (SSSR count). The molecule has 0 spiro atoms. The predicted molar refractivity (Wildman–Crippen MR) is 66.0 cm³/mol. The van der Waals surface area contributed by atoms with Gasteiger partial charge in [0.25, 0.3) is 0 Å². The van der Waals surface area contributed by atoms with Crippen LogP contribution in [-0.4, -0.2) is 20.7 Å². The van der Waals surface area contributed by atoms with Crippen molar-refractivity contribution in [1.82, 2.24) is 15.0 Å². The van der Waals surface area contributed by atoms with Crippen LogP contribution < -0.4 is 0 Å².